The van der Waals surface area contributed by atoms with Gasteiger partial charge in [0.2, 0.25) is 11.8 Å². The number of methoxy groups -OCH3 is 1. The summed E-state index contributed by atoms with van der Waals surface area (Å²) >= 11 is 0. The number of carbonyl (C=O) groups is 2. The summed E-state index contributed by atoms with van der Waals surface area (Å²) in [6.45, 7) is 12.1. The van der Waals surface area contributed by atoms with Crippen molar-refractivity contribution in [2.75, 3.05) is 40.0 Å². The molecular weight excluding hydrogens is 470 g/mol. The molecule has 0 aromatic carbocycles. The summed E-state index contributed by atoms with van der Waals surface area (Å²) in [5.74, 6) is -0.234. The Morgan fingerprint density at radius 3 is 2.86 bits per heavy atom. The van der Waals surface area contributed by atoms with Gasteiger partial charge in [-0.3, -0.25) is 14.7 Å². The van der Waals surface area contributed by atoms with E-state index in [1.54, 1.807) is 12.0 Å². The van der Waals surface area contributed by atoms with E-state index < -0.39 is 0 Å². The number of carbonyl (C=O) groups excluding carboxylic acids is 2. The molecule has 2 N–H and O–H groups in total. The van der Waals surface area contributed by atoms with Crippen molar-refractivity contribution in [3.05, 3.63) is 34.7 Å². The van der Waals surface area contributed by atoms with Crippen LogP contribution in [0.5, 0.6) is 0 Å². The molecule has 9 heteroatoms. The molecule has 2 aromatic rings. The topological polar surface area (TPSA) is 104 Å². The van der Waals surface area contributed by atoms with Gasteiger partial charge >= 0.3 is 0 Å². The Balaban J connectivity index is 1.51. The fourth-order valence-corrected chi connectivity index (χ4v) is 4.99. The Labute approximate surface area is 219 Å². The second kappa shape index (κ2) is 11.2. The first-order valence-corrected chi connectivity index (χ1v) is 13.2. The number of morpholine rings is 1. The third kappa shape index (κ3) is 6.51. The average molecular weight is 512 g/mol. The van der Waals surface area contributed by atoms with Crippen LogP contribution in [0.4, 0.5) is 0 Å². The van der Waals surface area contributed by atoms with Crippen LogP contribution >= 0.6 is 0 Å². The van der Waals surface area contributed by atoms with Crippen molar-refractivity contribution in [1.29, 1.82) is 0 Å². The van der Waals surface area contributed by atoms with E-state index in [0.29, 0.717) is 26.1 Å². The highest BCUT2D eigenvalue weighted by Crippen LogP contribution is 2.32. The second-order valence-electron chi connectivity index (χ2n) is 11.5. The zero-order chi connectivity index (χ0) is 26.7. The molecule has 1 unspecified atom stereocenters. The van der Waals surface area contributed by atoms with Crippen LogP contribution < -0.4 is 0 Å². The maximum absolute atomic E-state index is 13.4. The molecule has 0 spiro atoms. The summed E-state index contributed by atoms with van der Waals surface area (Å²) in [7, 11) is 1.63. The van der Waals surface area contributed by atoms with Crippen molar-refractivity contribution >= 4 is 17.9 Å². The molecule has 1 aliphatic carbocycles. The molecule has 3 heterocycles. The van der Waals surface area contributed by atoms with Crippen LogP contribution in [0, 0.1) is 12.3 Å². The van der Waals surface area contributed by atoms with E-state index in [9.17, 15) is 9.59 Å². The summed E-state index contributed by atoms with van der Waals surface area (Å²) in [6.07, 6.45) is 6.77. The van der Waals surface area contributed by atoms with Gasteiger partial charge in [-0.1, -0.05) is 32.9 Å². The highest BCUT2D eigenvalue weighted by molar-refractivity contribution is 5.86. The molecule has 9 nitrogen and oxygen atoms in total. The highest BCUT2D eigenvalue weighted by atomic mass is 16.5. The Morgan fingerprint density at radius 1 is 1.35 bits per heavy atom. The number of aromatic nitrogens is 3. The molecule has 4 rings (SSSR count). The molecule has 1 saturated heterocycles. The van der Waals surface area contributed by atoms with Crippen LogP contribution in [0.1, 0.15) is 56.6 Å². The fourth-order valence-electron chi connectivity index (χ4n) is 4.99. The summed E-state index contributed by atoms with van der Waals surface area (Å²) < 4.78 is 10.7. The normalized spacial score (nSPS) is 19.8. The van der Waals surface area contributed by atoms with E-state index in [1.807, 2.05) is 11.8 Å². The molecule has 0 saturated carbocycles. The van der Waals surface area contributed by atoms with Crippen molar-refractivity contribution in [3.63, 3.8) is 0 Å². The lowest BCUT2D eigenvalue weighted by atomic mass is 9.88. The monoisotopic (exact) mass is 511 g/mol. The van der Waals surface area contributed by atoms with Crippen molar-refractivity contribution in [2.24, 2.45) is 5.41 Å². The molecule has 1 aliphatic heterocycles. The maximum Gasteiger partial charge on any atom is 0.249 e. The van der Waals surface area contributed by atoms with Gasteiger partial charge in [-0.15, -0.1) is 0 Å². The van der Waals surface area contributed by atoms with Gasteiger partial charge in [0.25, 0.3) is 0 Å². The van der Waals surface area contributed by atoms with Crippen molar-refractivity contribution in [3.8, 4) is 11.4 Å². The molecule has 2 amide bonds. The average Bonchev–Trinajstić information content (AvgIpc) is 3.42. The molecule has 202 valence electrons. The third-order valence-electron chi connectivity index (χ3n) is 7.20. The van der Waals surface area contributed by atoms with Crippen LogP contribution in [-0.2, 0) is 31.9 Å². The molecule has 2 atom stereocenters. The van der Waals surface area contributed by atoms with Gasteiger partial charge < -0.3 is 24.3 Å². The molecule has 2 aliphatic rings. The Morgan fingerprint density at radius 2 is 2.14 bits per heavy atom. The molecule has 0 radical (unpaired) electrons. The lowest BCUT2D eigenvalue weighted by Gasteiger charge is -2.35. The number of H-pyrrole nitrogens is 2. The minimum atomic E-state index is -0.148. The number of hydrogen-bond donors (Lipinski definition) is 2. The lowest BCUT2D eigenvalue weighted by Crippen LogP contribution is -2.52. The van der Waals surface area contributed by atoms with Gasteiger partial charge in [0, 0.05) is 43.6 Å². The van der Waals surface area contributed by atoms with Crippen LogP contribution in [0.25, 0.3) is 17.5 Å². The lowest BCUT2D eigenvalue weighted by molar-refractivity contribution is -0.153. The standard InChI is InChI=1S/C28H41N5O4/c1-18-15-32(26(35)17-37-18)16-25(34)33(11-12-36-6)21-8-7-20-13-24(29-23(20)14-21)27-22(19(2)30-31-27)9-10-28(3,4)5/h7-8,13,18,21,29H,9-12,14-17H2,1-6H3,(H,30,31)/t18-,21?/m0/s1. The van der Waals surface area contributed by atoms with Crippen LogP contribution in [0.15, 0.2) is 12.1 Å². The molecule has 2 aromatic heterocycles. The van der Waals surface area contributed by atoms with Gasteiger partial charge in [-0.05, 0) is 43.7 Å². The Hall–Kier alpha value is -2.91. The zero-order valence-electron chi connectivity index (χ0n) is 23.0. The minimum Gasteiger partial charge on any atom is -0.383 e. The molecule has 1 fully saturated rings. The van der Waals surface area contributed by atoms with Crippen molar-refractivity contribution < 1.29 is 19.1 Å². The smallest absolute Gasteiger partial charge is 0.249 e. The van der Waals surface area contributed by atoms with E-state index in [4.69, 9.17) is 9.47 Å². The Bertz CT molecular complexity index is 1140. The first-order valence-electron chi connectivity index (χ1n) is 13.2. The molecule has 37 heavy (non-hydrogen) atoms. The highest BCUT2D eigenvalue weighted by Gasteiger charge is 2.31. The Kier molecular flexibility index (Phi) is 8.23. The summed E-state index contributed by atoms with van der Waals surface area (Å²) in [4.78, 5) is 32.7. The number of rotatable bonds is 9. The van der Waals surface area contributed by atoms with Gasteiger partial charge in [0.05, 0.1) is 31.0 Å². The van der Waals surface area contributed by atoms with Gasteiger partial charge in [0.15, 0.2) is 0 Å². The number of hydrogen-bond acceptors (Lipinski definition) is 5. The summed E-state index contributed by atoms with van der Waals surface area (Å²) in [5.41, 5.74) is 6.74. The van der Waals surface area contributed by atoms with Gasteiger partial charge in [0.1, 0.15) is 12.3 Å². The first-order chi connectivity index (χ1) is 17.6. The van der Waals surface area contributed by atoms with E-state index in [2.05, 4.69) is 61.1 Å². The molecule has 0 bridgehead atoms. The number of ether oxygens (including phenoxy) is 2. The SMILES string of the molecule is COCCN(C(=O)CN1C[C@H](C)OCC1=O)C1C=Cc2cc(-c3n[nH]c(C)c3CCC(C)(C)C)[nH]c2C1. The number of fused-ring (bicyclic) bond motifs is 1. The second-order valence-corrected chi connectivity index (χ2v) is 11.5. The minimum absolute atomic E-state index is 0.0227. The van der Waals surface area contributed by atoms with Crippen LogP contribution in [0.2, 0.25) is 0 Å². The third-order valence-corrected chi connectivity index (χ3v) is 7.20. The van der Waals surface area contributed by atoms with E-state index in [-0.39, 0.29) is 42.5 Å². The number of amides is 2. The number of nitrogens with zero attached hydrogens (tertiary/aromatic N) is 3. The van der Waals surface area contributed by atoms with E-state index in [0.717, 1.165) is 41.2 Å². The van der Waals surface area contributed by atoms with E-state index >= 15 is 0 Å². The van der Waals surface area contributed by atoms with Gasteiger partial charge in [-0.25, -0.2) is 0 Å². The van der Waals surface area contributed by atoms with E-state index in [1.165, 1.54) is 5.56 Å². The van der Waals surface area contributed by atoms with Crippen LogP contribution in [0.3, 0.4) is 0 Å². The number of aromatic amines is 2. The zero-order valence-corrected chi connectivity index (χ0v) is 23.0. The largest absolute Gasteiger partial charge is 0.383 e. The summed E-state index contributed by atoms with van der Waals surface area (Å²) in [6, 6.07) is 2.02. The number of aryl methyl sites for hydroxylation is 1. The van der Waals surface area contributed by atoms with Crippen LogP contribution in [-0.4, -0.2) is 88.9 Å². The number of nitrogens with one attached hydrogen (secondary N) is 2. The van der Waals surface area contributed by atoms with Crippen molar-refractivity contribution in [1.82, 2.24) is 25.0 Å². The fraction of sp³-hybridized carbons (Fsp3) is 0.607. The predicted octanol–water partition coefficient (Wildman–Crippen LogP) is 3.35. The molecular formula is C28H41N5O4. The quantitative estimate of drug-likeness (QED) is 0.537. The van der Waals surface area contributed by atoms with Crippen molar-refractivity contribution in [2.45, 2.75) is 66.0 Å². The maximum atomic E-state index is 13.4. The first kappa shape index (κ1) is 27.1. The summed E-state index contributed by atoms with van der Waals surface area (Å²) in [5, 5.41) is 7.79. The predicted molar refractivity (Wildman–Crippen MR) is 143 cm³/mol. The van der Waals surface area contributed by atoms with Gasteiger partial charge in [-0.2, -0.15) is 5.10 Å².